The molecule has 0 radical (unpaired) electrons. The van der Waals surface area contributed by atoms with Gasteiger partial charge in [0.25, 0.3) is 0 Å². The Labute approximate surface area is 249 Å². The average molecular weight is 587 g/mol. The highest BCUT2D eigenvalue weighted by molar-refractivity contribution is 6.02. The zero-order chi connectivity index (χ0) is 30.1. The van der Waals surface area contributed by atoms with E-state index in [1.165, 1.54) is 35.7 Å². The van der Waals surface area contributed by atoms with Gasteiger partial charge in [0.05, 0.1) is 35.5 Å². The first-order chi connectivity index (χ1) is 20.9. The summed E-state index contributed by atoms with van der Waals surface area (Å²) in [6.07, 6.45) is 6.24. The Morgan fingerprint density at radius 3 is 2.67 bits per heavy atom. The average Bonchev–Trinajstić information content (AvgIpc) is 2.94. The van der Waals surface area contributed by atoms with Crippen molar-refractivity contribution in [1.29, 1.82) is 0 Å². The molecule has 3 aliphatic rings. The van der Waals surface area contributed by atoms with E-state index in [0.29, 0.717) is 35.3 Å². The van der Waals surface area contributed by atoms with E-state index in [2.05, 4.69) is 37.0 Å². The summed E-state index contributed by atoms with van der Waals surface area (Å²) in [7, 11) is 3.50. The summed E-state index contributed by atoms with van der Waals surface area (Å²) in [6.45, 7) is 8.36. The number of amides is 2. The molecule has 0 bridgehead atoms. The number of rotatable bonds is 10. The highest BCUT2D eigenvalue weighted by Gasteiger charge is 2.36. The number of likely N-dealkylation sites (tertiary alicyclic amines) is 1. The molecule has 0 aliphatic carbocycles. The highest BCUT2D eigenvalue weighted by atomic mass is 19.1. The Kier molecular flexibility index (Phi) is 7.85. The van der Waals surface area contributed by atoms with E-state index in [1.54, 1.807) is 19.2 Å². The lowest BCUT2D eigenvalue weighted by Crippen LogP contribution is -2.63. The number of hydrogen-bond acceptors (Lipinski definition) is 9. The van der Waals surface area contributed by atoms with Gasteiger partial charge in [-0.25, -0.2) is 9.37 Å². The molecule has 1 aromatic heterocycles. The van der Waals surface area contributed by atoms with Crippen molar-refractivity contribution in [2.75, 3.05) is 72.2 Å². The minimum atomic E-state index is -0.416. The minimum Gasteiger partial charge on any atom is -0.494 e. The molecule has 0 spiro atoms. The van der Waals surface area contributed by atoms with Crippen LogP contribution < -0.4 is 30.1 Å². The number of carbonyl (C=O) groups is 2. The number of halogens is 1. The van der Waals surface area contributed by atoms with Gasteiger partial charge < -0.3 is 25.2 Å². The third-order valence-corrected chi connectivity index (χ3v) is 8.33. The summed E-state index contributed by atoms with van der Waals surface area (Å²) < 4.78 is 20.4. The van der Waals surface area contributed by atoms with E-state index < -0.39 is 5.82 Å². The van der Waals surface area contributed by atoms with Gasteiger partial charge in [-0.15, -0.1) is 0 Å². The van der Waals surface area contributed by atoms with Crippen LogP contribution in [0.4, 0.5) is 44.6 Å². The topological polar surface area (TPSA) is 106 Å². The summed E-state index contributed by atoms with van der Waals surface area (Å²) in [5.41, 5.74) is 4.02. The van der Waals surface area contributed by atoms with Crippen LogP contribution in [0.2, 0.25) is 0 Å². The van der Waals surface area contributed by atoms with E-state index in [0.717, 1.165) is 62.5 Å². The Morgan fingerprint density at radius 2 is 1.98 bits per heavy atom. The van der Waals surface area contributed by atoms with Crippen LogP contribution in [0.3, 0.4) is 0 Å². The van der Waals surface area contributed by atoms with Crippen LogP contribution >= 0.6 is 0 Å². The normalized spacial score (nSPS) is 16.4. The molecule has 2 saturated heterocycles. The molecule has 12 heteroatoms. The molecule has 6 rings (SSSR count). The number of benzene rings is 2. The number of aryl methyl sites for hydroxylation is 1. The molecule has 11 nitrogen and oxygen atoms in total. The Hall–Kier alpha value is -4.71. The molecule has 43 heavy (non-hydrogen) atoms. The molecule has 2 fully saturated rings. The van der Waals surface area contributed by atoms with Crippen LogP contribution in [0.15, 0.2) is 49.2 Å². The fourth-order valence-electron chi connectivity index (χ4n) is 5.94. The van der Waals surface area contributed by atoms with Crippen LogP contribution in [0.25, 0.3) is 0 Å². The monoisotopic (exact) mass is 586 g/mol. The van der Waals surface area contributed by atoms with E-state index in [1.807, 2.05) is 18.0 Å². The second-order valence-corrected chi connectivity index (χ2v) is 11.0. The number of hydrogen-bond donors (Lipinski definition) is 2. The molecule has 2 N–H and O–H groups in total. The van der Waals surface area contributed by atoms with Crippen molar-refractivity contribution >= 4 is 52.5 Å². The third kappa shape index (κ3) is 5.57. The molecule has 3 aromatic rings. The maximum Gasteiger partial charge on any atom is 0.247 e. The second-order valence-electron chi connectivity index (χ2n) is 11.0. The lowest BCUT2D eigenvalue weighted by Gasteiger charge is -2.50. The predicted octanol–water partition coefficient (Wildman–Crippen LogP) is 4.06. The summed E-state index contributed by atoms with van der Waals surface area (Å²) in [5.74, 6) is 0.242. The SMILES string of the molecule is C=CC(=O)Nc1cc(Nc2nccc(N(C=O)c3cc(F)cc4c3N(C)CCC4)n2)c(OC)cc1N1CC(N2CCC2)C1. The smallest absolute Gasteiger partial charge is 0.247 e. The number of methoxy groups -OCH3 is 1. The van der Waals surface area contributed by atoms with Crippen molar-refractivity contribution in [2.24, 2.45) is 0 Å². The van der Waals surface area contributed by atoms with Crippen molar-refractivity contribution in [3.05, 3.63) is 60.6 Å². The molecule has 4 heterocycles. The van der Waals surface area contributed by atoms with Crippen LogP contribution in [0.5, 0.6) is 5.75 Å². The number of ether oxygens (including phenoxy) is 1. The maximum absolute atomic E-state index is 14.6. The zero-order valence-electron chi connectivity index (χ0n) is 24.3. The van der Waals surface area contributed by atoms with Crippen LogP contribution in [-0.2, 0) is 16.0 Å². The molecule has 0 unspecified atom stereocenters. The Morgan fingerprint density at radius 1 is 1.16 bits per heavy atom. The van der Waals surface area contributed by atoms with Crippen molar-refractivity contribution in [3.8, 4) is 5.75 Å². The first kappa shape index (κ1) is 28.4. The molecule has 2 aromatic carbocycles. The molecular formula is C31H35FN8O3. The summed E-state index contributed by atoms with van der Waals surface area (Å²) in [5, 5.41) is 6.09. The number of carbonyl (C=O) groups excluding carboxylic acids is 2. The summed E-state index contributed by atoms with van der Waals surface area (Å²) in [6, 6.07) is 8.62. The van der Waals surface area contributed by atoms with E-state index >= 15 is 0 Å². The number of anilines is 7. The van der Waals surface area contributed by atoms with Crippen molar-refractivity contribution in [2.45, 2.75) is 25.3 Å². The van der Waals surface area contributed by atoms with E-state index in [4.69, 9.17) is 4.74 Å². The Balaban J connectivity index is 1.31. The van der Waals surface area contributed by atoms with Crippen LogP contribution in [0.1, 0.15) is 18.4 Å². The van der Waals surface area contributed by atoms with Gasteiger partial charge in [-0.2, -0.15) is 4.98 Å². The van der Waals surface area contributed by atoms with Gasteiger partial charge in [0, 0.05) is 51.1 Å². The standard InChI is InChI=1S/C31H35FN8O3/c1-4-29(42)34-23-15-24(27(43-3)16-25(23)39-17-22(18-39)38-11-6-12-38)35-31-33-9-8-28(36-31)40(19-41)26-14-21(32)13-20-7-5-10-37(2)30(20)26/h4,8-9,13-16,19,22H,1,5-7,10-12,17-18H2,2-3H3,(H,34,42)(H,33,35,36). The minimum absolute atomic E-state index is 0.192. The van der Waals surface area contributed by atoms with Gasteiger partial charge in [0.1, 0.15) is 17.4 Å². The fraction of sp³-hybridized carbons (Fsp3) is 0.355. The molecular weight excluding hydrogens is 551 g/mol. The number of nitrogens with one attached hydrogen (secondary N) is 2. The molecule has 0 saturated carbocycles. The van der Waals surface area contributed by atoms with E-state index in [9.17, 15) is 14.0 Å². The number of nitrogens with zero attached hydrogens (tertiary/aromatic N) is 6. The first-order valence-electron chi connectivity index (χ1n) is 14.4. The quantitative estimate of drug-likeness (QED) is 0.269. The van der Waals surface area contributed by atoms with Gasteiger partial charge >= 0.3 is 0 Å². The highest BCUT2D eigenvalue weighted by Crippen LogP contribution is 2.42. The zero-order valence-corrected chi connectivity index (χ0v) is 24.3. The first-order valence-corrected chi connectivity index (χ1v) is 14.4. The Bertz CT molecular complexity index is 1560. The van der Waals surface area contributed by atoms with Crippen LogP contribution in [-0.4, -0.2) is 80.1 Å². The molecule has 0 atom stereocenters. The maximum atomic E-state index is 14.6. The van der Waals surface area contributed by atoms with Crippen LogP contribution in [0, 0.1) is 5.82 Å². The van der Waals surface area contributed by atoms with Crippen molar-refractivity contribution < 1.29 is 18.7 Å². The van der Waals surface area contributed by atoms with Gasteiger partial charge in [0.2, 0.25) is 18.3 Å². The van der Waals surface area contributed by atoms with Gasteiger partial charge in [-0.05, 0) is 62.2 Å². The van der Waals surface area contributed by atoms with Crippen molar-refractivity contribution in [1.82, 2.24) is 14.9 Å². The lowest BCUT2D eigenvalue weighted by molar-refractivity contribution is -0.112. The predicted molar refractivity (Wildman–Crippen MR) is 166 cm³/mol. The number of fused-ring (bicyclic) bond motifs is 1. The second kappa shape index (κ2) is 11.9. The largest absolute Gasteiger partial charge is 0.494 e. The van der Waals surface area contributed by atoms with Gasteiger partial charge in [-0.3, -0.25) is 19.4 Å². The molecule has 3 aliphatic heterocycles. The number of aromatic nitrogens is 2. The molecule has 2 amide bonds. The summed E-state index contributed by atoms with van der Waals surface area (Å²) >= 11 is 0. The van der Waals surface area contributed by atoms with Gasteiger partial charge in [0.15, 0.2) is 0 Å². The summed E-state index contributed by atoms with van der Waals surface area (Å²) in [4.78, 5) is 41.7. The third-order valence-electron chi connectivity index (χ3n) is 8.33. The van der Waals surface area contributed by atoms with Gasteiger partial charge in [-0.1, -0.05) is 6.58 Å². The molecule has 224 valence electrons. The fourth-order valence-corrected chi connectivity index (χ4v) is 5.94. The lowest BCUT2D eigenvalue weighted by atomic mass is 10.00. The van der Waals surface area contributed by atoms with E-state index in [-0.39, 0.29) is 17.7 Å². The van der Waals surface area contributed by atoms with Crippen molar-refractivity contribution in [3.63, 3.8) is 0 Å².